The highest BCUT2D eigenvalue weighted by molar-refractivity contribution is 9.14. The Labute approximate surface area is 99.7 Å². The highest BCUT2D eigenvalue weighted by Crippen LogP contribution is 2.36. The molecule has 0 radical (unpaired) electrons. The lowest BCUT2D eigenvalue weighted by Crippen LogP contribution is -2.04. The van der Waals surface area contributed by atoms with Gasteiger partial charge < -0.3 is 10.8 Å². The highest BCUT2D eigenvalue weighted by atomic mass is 79.9. The van der Waals surface area contributed by atoms with Crippen LogP contribution in [0.15, 0.2) is 19.5 Å². The first-order valence-corrected chi connectivity index (χ1v) is 5.49. The van der Waals surface area contributed by atoms with E-state index in [0.717, 1.165) is 0 Å². The summed E-state index contributed by atoms with van der Waals surface area (Å²) in [7, 11) is 0. The topological polar surface area (TPSA) is 63.3 Å². The van der Waals surface area contributed by atoms with E-state index in [-0.39, 0.29) is 11.3 Å². The van der Waals surface area contributed by atoms with Gasteiger partial charge in [0.15, 0.2) is 0 Å². The molecule has 3 nitrogen and oxygen atoms in total. The lowest BCUT2D eigenvalue weighted by molar-refractivity contribution is 0.0697. The Morgan fingerprint density at radius 2 is 1.85 bits per heavy atom. The maximum atomic E-state index is 10.8. The Hall–Kier alpha value is -0.0700. The molecule has 0 unspecified atom stereocenters. The minimum absolute atomic E-state index is 0.0649. The van der Waals surface area contributed by atoms with Crippen molar-refractivity contribution in [3.63, 3.8) is 0 Å². The largest absolute Gasteiger partial charge is 0.478 e. The van der Waals surface area contributed by atoms with Crippen LogP contribution in [0, 0.1) is 0 Å². The fourth-order valence-electron chi connectivity index (χ4n) is 0.831. The summed E-state index contributed by atoms with van der Waals surface area (Å²) >= 11 is 9.59. The average molecular weight is 374 g/mol. The van der Waals surface area contributed by atoms with Gasteiger partial charge in [0, 0.05) is 19.1 Å². The first-order chi connectivity index (χ1) is 5.95. The summed E-state index contributed by atoms with van der Waals surface area (Å²) in [6.45, 7) is 0. The van der Waals surface area contributed by atoms with Crippen LogP contribution in [0.5, 0.6) is 0 Å². The summed E-state index contributed by atoms with van der Waals surface area (Å²) in [4.78, 5) is 10.8. The van der Waals surface area contributed by atoms with Gasteiger partial charge >= 0.3 is 5.97 Å². The first kappa shape index (κ1) is 11.0. The quantitative estimate of drug-likeness (QED) is 0.586. The van der Waals surface area contributed by atoms with E-state index in [1.807, 2.05) is 0 Å². The van der Waals surface area contributed by atoms with E-state index in [1.54, 1.807) is 0 Å². The van der Waals surface area contributed by atoms with Crippen molar-refractivity contribution in [2.75, 3.05) is 5.73 Å². The first-order valence-electron chi connectivity index (χ1n) is 3.11. The van der Waals surface area contributed by atoms with E-state index in [1.165, 1.54) is 6.07 Å². The van der Waals surface area contributed by atoms with Crippen LogP contribution < -0.4 is 5.73 Å². The lowest BCUT2D eigenvalue weighted by Gasteiger charge is -2.07. The molecule has 13 heavy (non-hydrogen) atoms. The van der Waals surface area contributed by atoms with E-state index < -0.39 is 5.97 Å². The molecule has 1 aromatic carbocycles. The summed E-state index contributed by atoms with van der Waals surface area (Å²) < 4.78 is 1.79. The molecule has 0 spiro atoms. The zero-order valence-electron chi connectivity index (χ0n) is 6.14. The molecule has 0 atom stereocenters. The van der Waals surface area contributed by atoms with Crippen molar-refractivity contribution in [3.05, 3.63) is 25.0 Å². The fourth-order valence-corrected chi connectivity index (χ4v) is 2.47. The van der Waals surface area contributed by atoms with Gasteiger partial charge in [-0.05, 0) is 53.9 Å². The van der Waals surface area contributed by atoms with Crippen LogP contribution in [-0.4, -0.2) is 11.1 Å². The number of nitrogens with two attached hydrogens (primary N) is 1. The number of benzene rings is 1. The zero-order valence-corrected chi connectivity index (χ0v) is 10.9. The predicted molar refractivity (Wildman–Crippen MR) is 60.9 cm³/mol. The van der Waals surface area contributed by atoms with Crippen LogP contribution in [0.1, 0.15) is 10.4 Å². The molecule has 0 fully saturated rings. The summed E-state index contributed by atoms with van der Waals surface area (Å²) in [6, 6.07) is 1.54. The van der Waals surface area contributed by atoms with Crippen molar-refractivity contribution in [1.29, 1.82) is 0 Å². The van der Waals surface area contributed by atoms with Crippen molar-refractivity contribution in [1.82, 2.24) is 0 Å². The summed E-state index contributed by atoms with van der Waals surface area (Å²) in [6.07, 6.45) is 0. The highest BCUT2D eigenvalue weighted by Gasteiger charge is 2.17. The van der Waals surface area contributed by atoms with Crippen molar-refractivity contribution >= 4 is 59.4 Å². The maximum absolute atomic E-state index is 10.8. The minimum Gasteiger partial charge on any atom is -0.478 e. The number of hydrogen-bond acceptors (Lipinski definition) is 2. The summed E-state index contributed by atoms with van der Waals surface area (Å²) in [5, 5.41) is 8.82. The van der Waals surface area contributed by atoms with E-state index in [0.29, 0.717) is 13.4 Å². The summed E-state index contributed by atoms with van der Waals surface area (Å²) in [5.74, 6) is -1.06. The van der Waals surface area contributed by atoms with E-state index in [9.17, 15) is 4.79 Å². The SMILES string of the molecule is Nc1cc(Br)c(Br)c(Br)c1C(=O)O. The molecule has 3 N–H and O–H groups in total. The Kier molecular flexibility index (Phi) is 3.37. The van der Waals surface area contributed by atoms with Crippen LogP contribution >= 0.6 is 47.8 Å². The normalized spacial score (nSPS) is 10.1. The average Bonchev–Trinajstić information content (AvgIpc) is 1.99. The number of rotatable bonds is 1. The second-order valence-corrected chi connectivity index (χ2v) is 4.70. The van der Waals surface area contributed by atoms with Crippen molar-refractivity contribution in [2.45, 2.75) is 0 Å². The van der Waals surface area contributed by atoms with Crippen LogP contribution in [0.3, 0.4) is 0 Å². The maximum Gasteiger partial charge on any atom is 0.338 e. The zero-order chi connectivity index (χ0) is 10.2. The molecule has 0 amide bonds. The molecule has 1 rings (SSSR count). The van der Waals surface area contributed by atoms with Gasteiger partial charge in [0.1, 0.15) is 0 Å². The van der Waals surface area contributed by atoms with Crippen LogP contribution in [0.2, 0.25) is 0 Å². The van der Waals surface area contributed by atoms with Gasteiger partial charge in [-0.2, -0.15) is 0 Å². The molecular formula is C7H4Br3NO2. The molecular weight excluding hydrogens is 370 g/mol. The van der Waals surface area contributed by atoms with Gasteiger partial charge in [0.2, 0.25) is 0 Å². The molecule has 0 heterocycles. The molecule has 6 heteroatoms. The Morgan fingerprint density at radius 1 is 1.31 bits per heavy atom. The second kappa shape index (κ2) is 3.98. The van der Waals surface area contributed by atoms with Crippen LogP contribution in [0.4, 0.5) is 5.69 Å². The molecule has 0 aromatic heterocycles. The van der Waals surface area contributed by atoms with Crippen LogP contribution in [0.25, 0.3) is 0 Å². The molecule has 0 aliphatic rings. The van der Waals surface area contributed by atoms with Gasteiger partial charge in [-0.1, -0.05) is 0 Å². The molecule has 0 aliphatic heterocycles. The molecule has 70 valence electrons. The van der Waals surface area contributed by atoms with E-state index >= 15 is 0 Å². The monoisotopic (exact) mass is 371 g/mol. The molecule has 0 saturated heterocycles. The van der Waals surface area contributed by atoms with Gasteiger partial charge in [-0.25, -0.2) is 4.79 Å². The van der Waals surface area contributed by atoms with Gasteiger partial charge in [-0.15, -0.1) is 0 Å². The predicted octanol–water partition coefficient (Wildman–Crippen LogP) is 3.25. The Balaban J connectivity index is 3.53. The number of hydrogen-bond donors (Lipinski definition) is 2. The number of aromatic carboxylic acids is 1. The van der Waals surface area contributed by atoms with Gasteiger partial charge in [0.25, 0.3) is 0 Å². The van der Waals surface area contributed by atoms with E-state index in [2.05, 4.69) is 47.8 Å². The third-order valence-electron chi connectivity index (χ3n) is 1.41. The number of carbonyl (C=O) groups is 1. The smallest absolute Gasteiger partial charge is 0.338 e. The lowest BCUT2D eigenvalue weighted by atomic mass is 10.2. The molecule has 0 aliphatic carbocycles. The molecule has 0 bridgehead atoms. The number of anilines is 1. The standard InChI is InChI=1S/C7H4Br3NO2/c8-2-1-3(11)4(7(12)13)6(10)5(2)9/h1H,11H2,(H,12,13). The Bertz CT molecular complexity index is 378. The van der Waals surface area contributed by atoms with Crippen molar-refractivity contribution in [2.24, 2.45) is 0 Å². The van der Waals surface area contributed by atoms with Crippen molar-refractivity contribution in [3.8, 4) is 0 Å². The minimum atomic E-state index is -1.06. The Morgan fingerprint density at radius 3 is 2.31 bits per heavy atom. The summed E-state index contributed by atoms with van der Waals surface area (Å²) in [5.41, 5.74) is 5.81. The van der Waals surface area contributed by atoms with Gasteiger partial charge in [0.05, 0.1) is 5.56 Å². The third-order valence-corrected chi connectivity index (χ3v) is 4.71. The fraction of sp³-hybridized carbons (Fsp3) is 0. The third kappa shape index (κ3) is 2.05. The molecule has 1 aromatic rings. The van der Waals surface area contributed by atoms with E-state index in [4.69, 9.17) is 10.8 Å². The van der Waals surface area contributed by atoms with Crippen LogP contribution in [-0.2, 0) is 0 Å². The number of carboxylic acid groups (broad SMARTS) is 1. The second-order valence-electron chi connectivity index (χ2n) is 2.26. The number of carboxylic acids is 1. The number of halogens is 3. The number of nitrogen functional groups attached to an aromatic ring is 1. The molecule has 0 saturated carbocycles. The van der Waals surface area contributed by atoms with Gasteiger partial charge in [-0.3, -0.25) is 0 Å². The van der Waals surface area contributed by atoms with Crippen molar-refractivity contribution < 1.29 is 9.90 Å².